The minimum atomic E-state index is -5.17. The fourth-order valence-electron chi connectivity index (χ4n) is 0. The quantitative estimate of drug-likeness (QED) is 0.143. The maximum absolute atomic E-state index is 8.74. The molecule has 2 N–H and O–H groups in total. The molecule has 0 spiro atoms. The average Bonchev–Trinajstić information content (AvgIpc) is 1.62. The van der Waals surface area contributed by atoms with E-state index in [1.807, 2.05) is 0 Å². The van der Waals surface area contributed by atoms with Crippen LogP contribution in [0.25, 0.3) is 0 Å². The summed E-state index contributed by atoms with van der Waals surface area (Å²) in [6, 6.07) is 0. The SMILES string of the molecule is O=S(=O)(O)O.O=S(=O)([O-])[O-].O=S(=O)([O-])[O-].O=S(=O)([O-])[O-].[Sb+3].[Sb+3]. The second-order valence-electron chi connectivity index (χ2n) is 1.67. The van der Waals surface area contributed by atoms with Gasteiger partial charge in [0.25, 0.3) is 0 Å². The van der Waals surface area contributed by atoms with Gasteiger partial charge in [0.05, 0.1) is 0 Å². The third-order valence-corrected chi connectivity index (χ3v) is 0. The molecule has 0 fully saturated rings. The summed E-state index contributed by atoms with van der Waals surface area (Å²) in [6.45, 7) is 0. The van der Waals surface area contributed by atoms with Gasteiger partial charge < -0.3 is 27.3 Å². The summed E-state index contributed by atoms with van der Waals surface area (Å²) in [6.07, 6.45) is 0. The molecule has 0 bridgehead atoms. The van der Waals surface area contributed by atoms with Crippen molar-refractivity contribution in [3.05, 3.63) is 0 Å². The van der Waals surface area contributed by atoms with E-state index >= 15 is 0 Å². The van der Waals surface area contributed by atoms with Crippen LogP contribution in [0.15, 0.2) is 0 Å². The van der Waals surface area contributed by atoms with E-state index in [-0.39, 0.29) is 48.9 Å². The molecule has 16 nitrogen and oxygen atoms in total. The zero-order valence-electron chi connectivity index (χ0n) is 9.14. The van der Waals surface area contributed by atoms with Crippen LogP contribution in [0, 0.1) is 0 Å². The predicted octanol–water partition coefficient (Wildman–Crippen LogP) is -5.43. The Hall–Kier alpha value is 1.12. The van der Waals surface area contributed by atoms with Gasteiger partial charge in [0, 0.05) is 31.2 Å². The third-order valence-electron chi connectivity index (χ3n) is 0. The summed E-state index contributed by atoms with van der Waals surface area (Å²) < 4.78 is 134. The van der Waals surface area contributed by atoms with E-state index in [0.29, 0.717) is 0 Å². The Morgan fingerprint density at radius 3 is 0.455 bits per heavy atom. The van der Waals surface area contributed by atoms with Crippen LogP contribution >= 0.6 is 0 Å². The fourth-order valence-corrected chi connectivity index (χ4v) is 0. The Bertz CT molecular complexity index is 477. The fraction of sp³-hybridized carbons (Fsp3) is 0. The average molecular weight is 630 g/mol. The number of hydrogen-bond acceptors (Lipinski definition) is 14. The summed E-state index contributed by atoms with van der Waals surface area (Å²) >= 11 is 0. The summed E-state index contributed by atoms with van der Waals surface area (Å²) in [5.41, 5.74) is 0. The Morgan fingerprint density at radius 2 is 0.455 bits per heavy atom. The first-order valence-electron chi connectivity index (χ1n) is 2.70. The topological polar surface area (TPSA) is 315 Å². The molecule has 0 saturated carbocycles. The molecule has 0 aromatic carbocycles. The molecule has 0 atom stereocenters. The van der Waals surface area contributed by atoms with Crippen molar-refractivity contribution in [3.63, 3.8) is 0 Å². The van der Waals surface area contributed by atoms with E-state index in [1.165, 1.54) is 0 Å². The molecule has 0 rings (SSSR count). The first-order chi connectivity index (χ1) is 8.00. The molecule has 0 heterocycles. The molecule has 4 radical (unpaired) electrons. The van der Waals surface area contributed by atoms with Crippen LogP contribution in [0.2, 0.25) is 0 Å². The molecule has 0 aliphatic carbocycles. The van der Waals surface area contributed by atoms with E-state index in [9.17, 15) is 0 Å². The van der Waals surface area contributed by atoms with Crippen LogP contribution in [-0.2, 0) is 41.6 Å². The molecular formula is H2O16S4Sb2. The standard InChI is InChI=1S/4H2O4S.2Sb/c4*1-5(2,3)4;;/h4*(H2,1,2,3,4);;/q;;;;2*+3/p-6. The molecule has 0 amide bonds. The van der Waals surface area contributed by atoms with Gasteiger partial charge in [0.15, 0.2) is 0 Å². The maximum atomic E-state index is 8.74. The van der Waals surface area contributed by atoms with Crippen LogP contribution in [0.3, 0.4) is 0 Å². The van der Waals surface area contributed by atoms with E-state index < -0.39 is 41.6 Å². The van der Waals surface area contributed by atoms with Crippen molar-refractivity contribution < 1.29 is 70.1 Å². The van der Waals surface area contributed by atoms with Crippen LogP contribution in [0.4, 0.5) is 0 Å². The first kappa shape index (κ1) is 38.6. The predicted molar refractivity (Wildman–Crippen MR) is 57.1 cm³/mol. The van der Waals surface area contributed by atoms with Gasteiger partial charge in [-0.05, 0) is 0 Å². The smallest absolute Gasteiger partial charge is 0.759 e. The van der Waals surface area contributed by atoms with E-state index in [0.717, 1.165) is 0 Å². The first-order valence-corrected chi connectivity index (χ1v) is 8.10. The van der Waals surface area contributed by atoms with Gasteiger partial charge in [0.1, 0.15) is 0 Å². The van der Waals surface area contributed by atoms with Crippen molar-refractivity contribution in [3.8, 4) is 0 Å². The van der Waals surface area contributed by atoms with Crippen molar-refractivity contribution in [2.45, 2.75) is 0 Å². The molecule has 132 valence electrons. The molecule has 0 aromatic heterocycles. The monoisotopic (exact) mass is 628 g/mol. The van der Waals surface area contributed by atoms with Crippen molar-refractivity contribution in [2.75, 3.05) is 0 Å². The summed E-state index contributed by atoms with van der Waals surface area (Å²) in [5.74, 6) is 0. The van der Waals surface area contributed by atoms with Gasteiger partial charge in [-0.3, -0.25) is 34.4 Å². The van der Waals surface area contributed by atoms with Crippen molar-refractivity contribution in [1.82, 2.24) is 0 Å². The number of rotatable bonds is 0. The van der Waals surface area contributed by atoms with Crippen LogP contribution in [0.1, 0.15) is 0 Å². The van der Waals surface area contributed by atoms with E-state index in [4.69, 9.17) is 70.1 Å². The Balaban J connectivity index is -0.0000000376. The molecule has 0 saturated heterocycles. The summed E-state index contributed by atoms with van der Waals surface area (Å²) in [4.78, 5) is 0. The molecule has 0 aliphatic rings. The minimum Gasteiger partial charge on any atom is -0.759 e. The van der Waals surface area contributed by atoms with Crippen LogP contribution in [0.5, 0.6) is 0 Å². The Morgan fingerprint density at radius 1 is 0.455 bits per heavy atom. The van der Waals surface area contributed by atoms with Gasteiger partial charge in [-0.15, -0.1) is 0 Å². The molecule has 0 unspecified atom stereocenters. The van der Waals surface area contributed by atoms with Crippen LogP contribution in [-0.4, -0.2) is 119 Å². The second-order valence-corrected chi connectivity index (χ2v) is 5.02. The Labute approximate surface area is 159 Å². The van der Waals surface area contributed by atoms with Gasteiger partial charge in [-0.25, -0.2) is 0 Å². The molecule has 0 aromatic rings. The molecule has 22 heteroatoms. The summed E-state index contributed by atoms with van der Waals surface area (Å²) in [5, 5.41) is 0. The molecular weight excluding hydrogens is 628 g/mol. The van der Waals surface area contributed by atoms with Crippen molar-refractivity contribution in [1.29, 1.82) is 0 Å². The van der Waals surface area contributed by atoms with Gasteiger partial charge >= 0.3 is 59.3 Å². The van der Waals surface area contributed by atoms with Crippen molar-refractivity contribution >= 4 is 90.5 Å². The number of hydrogen-bond donors (Lipinski definition) is 2. The van der Waals surface area contributed by atoms with Crippen molar-refractivity contribution in [2.24, 2.45) is 0 Å². The third kappa shape index (κ3) is 6860. The zero-order valence-corrected chi connectivity index (χ0v) is 17.5. The second kappa shape index (κ2) is 15.6. The normalized spacial score (nSPS) is 10.5. The maximum Gasteiger partial charge on any atom is 3.00 e. The Kier molecular flexibility index (Phi) is 27.4. The van der Waals surface area contributed by atoms with Gasteiger partial charge in [0.2, 0.25) is 0 Å². The van der Waals surface area contributed by atoms with E-state index in [2.05, 4.69) is 0 Å². The summed E-state index contributed by atoms with van der Waals surface area (Å²) in [7, 11) is -20.2. The van der Waals surface area contributed by atoms with Crippen LogP contribution < -0.4 is 0 Å². The molecule has 22 heavy (non-hydrogen) atoms. The van der Waals surface area contributed by atoms with Gasteiger partial charge in [-0.2, -0.15) is 8.42 Å². The van der Waals surface area contributed by atoms with E-state index in [1.54, 1.807) is 0 Å². The minimum absolute atomic E-state index is 0. The molecule has 0 aliphatic heterocycles. The zero-order chi connectivity index (χ0) is 18.0. The largest absolute Gasteiger partial charge is 3.00 e. The van der Waals surface area contributed by atoms with Gasteiger partial charge in [-0.1, -0.05) is 0 Å².